The van der Waals surface area contributed by atoms with Crippen molar-refractivity contribution >= 4 is 5.78 Å². The van der Waals surface area contributed by atoms with Gasteiger partial charge in [0.2, 0.25) is 0 Å². The molecule has 1 atom stereocenters. The molecule has 1 nitrogen and oxygen atoms in total. The summed E-state index contributed by atoms with van der Waals surface area (Å²) in [6.45, 7) is 2.81. The molecule has 0 aliphatic rings. The third-order valence-corrected chi connectivity index (χ3v) is 0.899. The number of hydrogen-bond donors (Lipinski definition) is 0. The third-order valence-electron chi connectivity index (χ3n) is 0.899. The fourth-order valence-electron chi connectivity index (χ4n) is 0.545. The first-order chi connectivity index (χ1) is 3.66. The topological polar surface area (TPSA) is 17.1 Å². The monoisotopic (exact) mass is 142 g/mol. The molecule has 0 amide bonds. The molecular formula is C6H12FNaO. The van der Waals surface area contributed by atoms with Crippen molar-refractivity contribution in [1.82, 2.24) is 0 Å². The average Bonchev–Trinajstić information content (AvgIpc) is 1.65. The number of carbonyl (C=O) groups excluding carboxylic acids is 1. The first kappa shape index (κ1) is 12.3. The third kappa shape index (κ3) is 8.60. The van der Waals surface area contributed by atoms with Crippen LogP contribution in [0.25, 0.3) is 0 Å². The molecule has 0 saturated carbocycles. The van der Waals surface area contributed by atoms with Gasteiger partial charge in [0.25, 0.3) is 0 Å². The van der Waals surface area contributed by atoms with Gasteiger partial charge in [0.15, 0.2) is 0 Å². The molecule has 0 aromatic rings. The average molecular weight is 142 g/mol. The summed E-state index contributed by atoms with van der Waals surface area (Å²) >= 11 is 0. The largest absolute Gasteiger partial charge is 1.00 e. The number of alkyl halides is 1. The van der Waals surface area contributed by atoms with Crippen molar-refractivity contribution in [3.05, 3.63) is 0 Å². The molecule has 0 heterocycles. The second kappa shape index (κ2) is 6.72. The summed E-state index contributed by atoms with van der Waals surface area (Å²) in [6, 6.07) is 0. The fraction of sp³-hybridized carbons (Fsp3) is 0.833. The molecule has 0 aliphatic heterocycles. The van der Waals surface area contributed by atoms with Gasteiger partial charge < -0.3 is 6.22 Å². The van der Waals surface area contributed by atoms with Crippen molar-refractivity contribution in [2.75, 3.05) is 6.67 Å². The van der Waals surface area contributed by atoms with Gasteiger partial charge in [-0.1, -0.05) is 6.92 Å². The predicted octanol–water partition coefficient (Wildman–Crippen LogP) is -1.31. The summed E-state index contributed by atoms with van der Waals surface area (Å²) in [4.78, 5) is 10.2. The summed E-state index contributed by atoms with van der Waals surface area (Å²) in [7, 11) is 0. The van der Waals surface area contributed by atoms with E-state index in [9.17, 15) is 9.18 Å². The smallest absolute Gasteiger partial charge is 1.00 e. The van der Waals surface area contributed by atoms with Gasteiger partial charge in [-0.2, -0.15) is 0 Å². The zero-order valence-corrected chi connectivity index (χ0v) is 8.28. The molecule has 0 aliphatic carbocycles. The molecule has 9 heavy (non-hydrogen) atoms. The van der Waals surface area contributed by atoms with Crippen LogP contribution in [0.15, 0.2) is 0 Å². The zero-order valence-electron chi connectivity index (χ0n) is 7.28. The van der Waals surface area contributed by atoms with Crippen LogP contribution in [-0.4, -0.2) is 12.5 Å². The zero-order chi connectivity index (χ0) is 6.57. The maximum atomic E-state index is 11.6. The Morgan fingerprint density at radius 3 is 2.33 bits per heavy atom. The van der Waals surface area contributed by atoms with E-state index in [4.69, 9.17) is 0 Å². The van der Waals surface area contributed by atoms with Crippen molar-refractivity contribution in [3.8, 4) is 0 Å². The van der Waals surface area contributed by atoms with Crippen LogP contribution in [0.5, 0.6) is 0 Å². The molecular weight excluding hydrogens is 130 g/mol. The molecule has 0 aromatic carbocycles. The quantitative estimate of drug-likeness (QED) is 0.447. The number of carbonyl (C=O) groups is 1. The molecule has 0 spiro atoms. The van der Waals surface area contributed by atoms with Crippen LogP contribution in [-0.2, 0) is 4.79 Å². The number of halogens is 1. The van der Waals surface area contributed by atoms with Crippen molar-refractivity contribution in [1.29, 1.82) is 0 Å². The number of ketones is 1. The Balaban J connectivity index is -0.000000245. The van der Waals surface area contributed by atoms with Crippen molar-refractivity contribution in [2.45, 2.75) is 20.3 Å². The molecule has 0 aromatic heterocycles. The van der Waals surface area contributed by atoms with E-state index in [0.717, 1.165) is 0 Å². The fourth-order valence-corrected chi connectivity index (χ4v) is 0.545. The van der Waals surface area contributed by atoms with Crippen LogP contribution in [0.1, 0.15) is 21.7 Å². The van der Waals surface area contributed by atoms with Gasteiger partial charge >= 0.3 is 29.6 Å². The molecule has 1 unspecified atom stereocenters. The SMILES string of the molecule is CC(=O)CC(C)CF.[H-].[Na+]. The molecule has 0 saturated heterocycles. The van der Waals surface area contributed by atoms with E-state index >= 15 is 0 Å². The van der Waals surface area contributed by atoms with Gasteiger partial charge in [-0.3, -0.25) is 4.39 Å². The van der Waals surface area contributed by atoms with Crippen molar-refractivity contribution in [3.63, 3.8) is 0 Å². The molecule has 3 heteroatoms. The molecule has 0 fully saturated rings. The first-order valence-electron chi connectivity index (χ1n) is 2.72. The Labute approximate surface area is 78.8 Å². The van der Waals surface area contributed by atoms with Gasteiger partial charge in [-0.15, -0.1) is 0 Å². The van der Waals surface area contributed by atoms with E-state index < -0.39 is 0 Å². The molecule has 0 bridgehead atoms. The van der Waals surface area contributed by atoms with Gasteiger partial charge in [0.05, 0.1) is 6.67 Å². The van der Waals surface area contributed by atoms with E-state index in [2.05, 4.69) is 0 Å². The van der Waals surface area contributed by atoms with E-state index in [1.165, 1.54) is 6.92 Å². The van der Waals surface area contributed by atoms with E-state index in [1.54, 1.807) is 6.92 Å². The van der Waals surface area contributed by atoms with Crippen LogP contribution >= 0.6 is 0 Å². The Hall–Kier alpha value is 0.600. The van der Waals surface area contributed by atoms with Crippen LogP contribution < -0.4 is 29.6 Å². The van der Waals surface area contributed by atoms with Gasteiger partial charge in [-0.05, 0) is 12.8 Å². The Morgan fingerprint density at radius 1 is 1.78 bits per heavy atom. The first-order valence-corrected chi connectivity index (χ1v) is 2.72. The molecule has 0 radical (unpaired) electrons. The van der Waals surface area contributed by atoms with Crippen molar-refractivity contribution in [2.24, 2.45) is 5.92 Å². The van der Waals surface area contributed by atoms with Crippen molar-refractivity contribution < 1.29 is 40.2 Å². The van der Waals surface area contributed by atoms with Gasteiger partial charge in [0.1, 0.15) is 5.78 Å². The molecule has 0 N–H and O–H groups in total. The van der Waals surface area contributed by atoms with Crippen LogP contribution in [0.3, 0.4) is 0 Å². The maximum absolute atomic E-state index is 11.6. The van der Waals surface area contributed by atoms with E-state index in [0.29, 0.717) is 6.42 Å². The molecule has 0 rings (SSSR count). The Morgan fingerprint density at radius 2 is 2.22 bits per heavy atom. The van der Waals surface area contributed by atoms with Crippen LogP contribution in [0, 0.1) is 5.92 Å². The number of Topliss-reactive ketones (excluding diaryl/α,β-unsaturated/α-hetero) is 1. The molecule has 50 valence electrons. The number of hydrogen-bond acceptors (Lipinski definition) is 1. The summed E-state index contributed by atoms with van der Waals surface area (Å²) < 4.78 is 11.6. The Bertz CT molecular complexity index is 89.8. The van der Waals surface area contributed by atoms with E-state index in [1.807, 2.05) is 0 Å². The number of rotatable bonds is 3. The summed E-state index contributed by atoms with van der Waals surface area (Å²) in [5.41, 5.74) is 0. The standard InChI is InChI=1S/C6H11FO.Na.H/c1-5(4-7)3-6(2)8;;/h5H,3-4H2,1-2H3;;/q;+1;-1. The predicted molar refractivity (Wildman–Crippen MR) is 31.5 cm³/mol. The minimum atomic E-state index is -0.389. The van der Waals surface area contributed by atoms with Gasteiger partial charge in [0, 0.05) is 6.42 Å². The Kier molecular flexibility index (Phi) is 9.17. The minimum absolute atomic E-state index is 0. The second-order valence-corrected chi connectivity index (χ2v) is 2.17. The summed E-state index contributed by atoms with van der Waals surface area (Å²) in [5.74, 6) is -0.0253. The maximum Gasteiger partial charge on any atom is 1.00 e. The van der Waals surface area contributed by atoms with E-state index in [-0.39, 0.29) is 49.4 Å². The van der Waals surface area contributed by atoms with Crippen LogP contribution in [0.2, 0.25) is 0 Å². The summed E-state index contributed by atoms with van der Waals surface area (Å²) in [5, 5.41) is 0. The normalized spacial score (nSPS) is 11.9. The van der Waals surface area contributed by atoms with Gasteiger partial charge in [-0.25, -0.2) is 0 Å². The second-order valence-electron chi connectivity index (χ2n) is 2.17. The minimum Gasteiger partial charge on any atom is -1.00 e. The van der Waals surface area contributed by atoms with Crippen LogP contribution in [0.4, 0.5) is 4.39 Å². The summed E-state index contributed by atoms with van der Waals surface area (Å²) in [6.07, 6.45) is 0.372.